The normalized spacial score (nSPS) is 38.1. The lowest BCUT2D eigenvalue weighted by atomic mass is 9.73. The molecule has 2 heteroatoms. The summed E-state index contributed by atoms with van der Waals surface area (Å²) in [5, 5.41) is 0. The van der Waals surface area contributed by atoms with E-state index in [1.807, 2.05) is 0 Å². The summed E-state index contributed by atoms with van der Waals surface area (Å²) >= 11 is 0. The van der Waals surface area contributed by atoms with Gasteiger partial charge in [-0.15, -0.1) is 0 Å². The van der Waals surface area contributed by atoms with Gasteiger partial charge in [0.25, 0.3) is 0 Å². The zero-order chi connectivity index (χ0) is 12.7. The van der Waals surface area contributed by atoms with Crippen LogP contribution < -0.4 is 5.73 Å². The average Bonchev–Trinajstić information content (AvgIpc) is 2.82. The van der Waals surface area contributed by atoms with Crippen molar-refractivity contribution in [3.05, 3.63) is 0 Å². The highest BCUT2D eigenvalue weighted by Gasteiger charge is 2.54. The van der Waals surface area contributed by atoms with Crippen molar-refractivity contribution in [1.82, 2.24) is 4.90 Å². The van der Waals surface area contributed by atoms with Crippen molar-refractivity contribution in [3.63, 3.8) is 0 Å². The number of hydrogen-bond acceptors (Lipinski definition) is 2. The summed E-state index contributed by atoms with van der Waals surface area (Å²) in [7, 11) is 0. The summed E-state index contributed by atoms with van der Waals surface area (Å²) in [6.07, 6.45) is 6.73. The molecule has 2 fully saturated rings. The molecule has 2 rings (SSSR count). The molecule has 17 heavy (non-hydrogen) atoms. The fourth-order valence-corrected chi connectivity index (χ4v) is 4.44. The SMILES string of the molecule is CC(C)C1CCCN1C1(CN)CCCC1(C)C. The zero-order valence-electron chi connectivity index (χ0n) is 12.1. The van der Waals surface area contributed by atoms with E-state index in [0.717, 1.165) is 18.5 Å². The van der Waals surface area contributed by atoms with Gasteiger partial charge in [0.1, 0.15) is 0 Å². The van der Waals surface area contributed by atoms with E-state index in [1.54, 1.807) is 0 Å². The first kappa shape index (κ1) is 13.4. The quantitative estimate of drug-likeness (QED) is 0.819. The molecule has 0 spiro atoms. The van der Waals surface area contributed by atoms with Gasteiger partial charge in [-0.25, -0.2) is 0 Å². The topological polar surface area (TPSA) is 29.3 Å². The van der Waals surface area contributed by atoms with E-state index in [0.29, 0.717) is 5.41 Å². The van der Waals surface area contributed by atoms with E-state index in [-0.39, 0.29) is 5.54 Å². The molecule has 2 N–H and O–H groups in total. The van der Waals surface area contributed by atoms with Gasteiger partial charge in [-0.1, -0.05) is 34.1 Å². The van der Waals surface area contributed by atoms with Gasteiger partial charge in [-0.2, -0.15) is 0 Å². The van der Waals surface area contributed by atoms with E-state index in [4.69, 9.17) is 5.73 Å². The predicted octanol–water partition coefficient (Wildman–Crippen LogP) is 3.01. The van der Waals surface area contributed by atoms with Crippen LogP contribution in [-0.2, 0) is 0 Å². The van der Waals surface area contributed by atoms with Crippen molar-refractivity contribution >= 4 is 0 Å². The third kappa shape index (κ3) is 1.94. The standard InChI is InChI=1S/C15H30N2/c1-12(2)13-7-5-10-17(13)15(11-16)9-6-8-14(15,3)4/h12-13H,5-11,16H2,1-4H3. The number of nitrogens with zero attached hydrogens (tertiary/aromatic N) is 1. The van der Waals surface area contributed by atoms with E-state index in [9.17, 15) is 0 Å². The van der Waals surface area contributed by atoms with E-state index >= 15 is 0 Å². The largest absolute Gasteiger partial charge is 0.329 e. The minimum absolute atomic E-state index is 0.276. The van der Waals surface area contributed by atoms with E-state index in [1.165, 1.54) is 38.6 Å². The maximum Gasteiger partial charge on any atom is 0.0385 e. The number of likely N-dealkylation sites (tertiary alicyclic amines) is 1. The molecule has 1 saturated carbocycles. The molecular weight excluding hydrogens is 208 g/mol. The molecule has 1 aliphatic heterocycles. The third-order valence-corrected chi connectivity index (χ3v) is 5.61. The minimum atomic E-state index is 0.276. The molecule has 0 aromatic heterocycles. The number of nitrogens with two attached hydrogens (primary N) is 1. The predicted molar refractivity (Wildman–Crippen MR) is 74.0 cm³/mol. The summed E-state index contributed by atoms with van der Waals surface area (Å²) in [4.78, 5) is 2.80. The van der Waals surface area contributed by atoms with Crippen LogP contribution in [0.4, 0.5) is 0 Å². The molecule has 2 nitrogen and oxygen atoms in total. The Labute approximate surface area is 107 Å². The van der Waals surface area contributed by atoms with Crippen molar-refractivity contribution in [1.29, 1.82) is 0 Å². The molecule has 0 radical (unpaired) electrons. The highest BCUT2D eigenvalue weighted by Crippen LogP contribution is 2.51. The van der Waals surface area contributed by atoms with Gasteiger partial charge < -0.3 is 5.73 Å². The van der Waals surface area contributed by atoms with Crippen LogP contribution in [0.15, 0.2) is 0 Å². The molecule has 0 bridgehead atoms. The number of rotatable bonds is 3. The first-order valence-corrected chi connectivity index (χ1v) is 7.41. The fourth-order valence-electron chi connectivity index (χ4n) is 4.44. The molecule has 1 heterocycles. The van der Waals surface area contributed by atoms with Crippen LogP contribution in [0.3, 0.4) is 0 Å². The Kier molecular flexibility index (Phi) is 3.57. The van der Waals surface area contributed by atoms with Crippen LogP contribution in [0.2, 0.25) is 0 Å². The summed E-state index contributed by atoms with van der Waals surface area (Å²) in [5.74, 6) is 0.761. The first-order chi connectivity index (χ1) is 7.94. The fraction of sp³-hybridized carbons (Fsp3) is 1.00. The van der Waals surface area contributed by atoms with E-state index < -0.39 is 0 Å². The van der Waals surface area contributed by atoms with Crippen LogP contribution in [-0.4, -0.2) is 29.6 Å². The monoisotopic (exact) mass is 238 g/mol. The second-order valence-corrected chi connectivity index (χ2v) is 7.12. The Morgan fingerprint density at radius 1 is 1.24 bits per heavy atom. The summed E-state index contributed by atoms with van der Waals surface area (Å²) in [5.41, 5.74) is 6.91. The van der Waals surface area contributed by atoms with Crippen molar-refractivity contribution < 1.29 is 0 Å². The van der Waals surface area contributed by atoms with Crippen molar-refractivity contribution in [2.24, 2.45) is 17.1 Å². The molecule has 2 aliphatic rings. The van der Waals surface area contributed by atoms with Crippen LogP contribution in [0.5, 0.6) is 0 Å². The van der Waals surface area contributed by atoms with Crippen LogP contribution in [0.25, 0.3) is 0 Å². The van der Waals surface area contributed by atoms with Crippen LogP contribution in [0.1, 0.15) is 59.8 Å². The Morgan fingerprint density at radius 2 is 1.94 bits per heavy atom. The Bertz CT molecular complexity index is 272. The van der Waals surface area contributed by atoms with Crippen LogP contribution >= 0.6 is 0 Å². The van der Waals surface area contributed by atoms with Gasteiger partial charge in [0.05, 0.1) is 0 Å². The zero-order valence-corrected chi connectivity index (χ0v) is 12.1. The van der Waals surface area contributed by atoms with Crippen LogP contribution in [0, 0.1) is 11.3 Å². The van der Waals surface area contributed by atoms with Crippen molar-refractivity contribution in [2.75, 3.05) is 13.1 Å². The van der Waals surface area contributed by atoms with Crippen molar-refractivity contribution in [2.45, 2.75) is 71.4 Å². The lowest BCUT2D eigenvalue weighted by Gasteiger charge is -2.51. The van der Waals surface area contributed by atoms with E-state index in [2.05, 4.69) is 32.6 Å². The first-order valence-electron chi connectivity index (χ1n) is 7.41. The smallest absolute Gasteiger partial charge is 0.0385 e. The molecule has 1 saturated heterocycles. The summed E-state index contributed by atoms with van der Waals surface area (Å²) < 4.78 is 0. The molecule has 0 amide bonds. The molecule has 0 aromatic carbocycles. The molecule has 2 atom stereocenters. The minimum Gasteiger partial charge on any atom is -0.329 e. The van der Waals surface area contributed by atoms with Gasteiger partial charge in [-0.05, 0) is 43.6 Å². The third-order valence-electron chi connectivity index (χ3n) is 5.61. The second kappa shape index (κ2) is 4.55. The highest BCUT2D eigenvalue weighted by molar-refractivity contribution is 5.10. The second-order valence-electron chi connectivity index (χ2n) is 7.12. The molecule has 1 aliphatic carbocycles. The Hall–Kier alpha value is -0.0800. The van der Waals surface area contributed by atoms with Gasteiger partial charge in [0.2, 0.25) is 0 Å². The molecule has 2 unspecified atom stereocenters. The maximum atomic E-state index is 6.24. The van der Waals surface area contributed by atoms with Gasteiger partial charge in [0, 0.05) is 18.1 Å². The van der Waals surface area contributed by atoms with Crippen molar-refractivity contribution in [3.8, 4) is 0 Å². The Morgan fingerprint density at radius 3 is 2.41 bits per heavy atom. The lowest BCUT2D eigenvalue weighted by Crippen LogP contribution is -2.61. The highest BCUT2D eigenvalue weighted by atomic mass is 15.3. The summed E-state index contributed by atoms with van der Waals surface area (Å²) in [6, 6.07) is 0.760. The maximum absolute atomic E-state index is 6.24. The van der Waals surface area contributed by atoms with Gasteiger partial charge in [-0.3, -0.25) is 4.90 Å². The molecule has 0 aromatic rings. The lowest BCUT2D eigenvalue weighted by molar-refractivity contribution is -0.00917. The molecular formula is C15H30N2. The number of hydrogen-bond donors (Lipinski definition) is 1. The van der Waals surface area contributed by atoms with Gasteiger partial charge in [0.15, 0.2) is 0 Å². The van der Waals surface area contributed by atoms with Gasteiger partial charge >= 0.3 is 0 Å². The Balaban J connectivity index is 2.29. The summed E-state index contributed by atoms with van der Waals surface area (Å²) in [6.45, 7) is 11.7. The molecule has 100 valence electrons. The average molecular weight is 238 g/mol.